The van der Waals surface area contributed by atoms with Crippen LogP contribution in [0.5, 0.6) is 5.75 Å². The van der Waals surface area contributed by atoms with Gasteiger partial charge in [0.1, 0.15) is 5.75 Å². The fourth-order valence-electron chi connectivity index (χ4n) is 3.99. The number of anilines is 1. The highest BCUT2D eigenvalue weighted by atomic mass is 32.1. The number of ether oxygens (including phenoxy) is 2. The van der Waals surface area contributed by atoms with Gasteiger partial charge in [-0.05, 0) is 35.4 Å². The van der Waals surface area contributed by atoms with Crippen LogP contribution in [-0.4, -0.2) is 55.1 Å². The molecule has 0 saturated carbocycles. The molecule has 8 heteroatoms. The third-order valence-corrected chi connectivity index (χ3v) is 6.75. The number of rotatable bonds is 5. The molecule has 2 amide bonds. The number of carbonyl (C=O) groups excluding carboxylic acids is 2. The van der Waals surface area contributed by atoms with Gasteiger partial charge in [0.2, 0.25) is 0 Å². The normalized spacial score (nSPS) is 17.4. The van der Waals surface area contributed by atoms with E-state index >= 15 is 0 Å². The van der Waals surface area contributed by atoms with Crippen molar-refractivity contribution in [1.29, 1.82) is 0 Å². The lowest BCUT2D eigenvalue weighted by Gasteiger charge is -2.28. The second kappa shape index (κ2) is 9.17. The van der Waals surface area contributed by atoms with E-state index in [2.05, 4.69) is 9.88 Å². The maximum Gasteiger partial charge on any atom is 0.261 e. The number of methoxy groups -OCH3 is 1. The summed E-state index contributed by atoms with van der Waals surface area (Å²) >= 11 is 1.53. The van der Waals surface area contributed by atoms with Gasteiger partial charge in [0, 0.05) is 35.3 Å². The van der Waals surface area contributed by atoms with E-state index in [9.17, 15) is 9.59 Å². The molecular weight excluding hydrogens is 438 g/mol. The van der Waals surface area contributed by atoms with Gasteiger partial charge in [0.25, 0.3) is 11.8 Å². The Kier molecular flexibility index (Phi) is 5.93. The third kappa shape index (κ3) is 4.27. The number of hydrogen-bond acceptors (Lipinski definition) is 7. The monoisotopic (exact) mass is 461 g/mol. The molecule has 0 spiro atoms. The van der Waals surface area contributed by atoms with Gasteiger partial charge in [-0.25, -0.2) is 4.98 Å². The number of aromatic nitrogens is 1. The van der Waals surface area contributed by atoms with Crippen LogP contribution in [0.3, 0.4) is 0 Å². The molecule has 2 aromatic carbocycles. The Morgan fingerprint density at radius 2 is 1.76 bits per heavy atom. The average molecular weight is 462 g/mol. The van der Waals surface area contributed by atoms with Crippen LogP contribution in [0.2, 0.25) is 0 Å². The van der Waals surface area contributed by atoms with E-state index in [0.29, 0.717) is 29.9 Å². The van der Waals surface area contributed by atoms with Crippen LogP contribution in [0.15, 0.2) is 54.7 Å². The van der Waals surface area contributed by atoms with Crippen LogP contribution in [0.25, 0.3) is 11.6 Å². The predicted molar refractivity (Wildman–Crippen MR) is 127 cm³/mol. The summed E-state index contributed by atoms with van der Waals surface area (Å²) in [6, 6.07) is 14.6. The van der Waals surface area contributed by atoms with Crippen LogP contribution >= 0.6 is 11.3 Å². The van der Waals surface area contributed by atoms with Gasteiger partial charge in [0.15, 0.2) is 5.13 Å². The Hall–Kier alpha value is -3.49. The zero-order valence-corrected chi connectivity index (χ0v) is 19.0. The van der Waals surface area contributed by atoms with E-state index in [4.69, 9.17) is 9.47 Å². The molecule has 2 aliphatic heterocycles. The van der Waals surface area contributed by atoms with Crippen LogP contribution in [-0.2, 0) is 16.1 Å². The Morgan fingerprint density at radius 3 is 2.48 bits per heavy atom. The first-order valence-electron chi connectivity index (χ1n) is 10.7. The fraction of sp³-hybridized carbons (Fsp3) is 0.240. The van der Waals surface area contributed by atoms with Crippen molar-refractivity contribution >= 4 is 39.9 Å². The minimum absolute atomic E-state index is 0.190. The Morgan fingerprint density at radius 1 is 1.03 bits per heavy atom. The van der Waals surface area contributed by atoms with Crippen LogP contribution in [0, 0.1) is 0 Å². The number of amides is 2. The van der Waals surface area contributed by atoms with E-state index in [-0.39, 0.29) is 18.4 Å². The van der Waals surface area contributed by atoms with Crippen LogP contribution in [0.4, 0.5) is 5.13 Å². The molecule has 2 aliphatic rings. The summed E-state index contributed by atoms with van der Waals surface area (Å²) in [4.78, 5) is 35.6. The third-order valence-electron chi connectivity index (χ3n) is 5.75. The Balaban J connectivity index is 1.48. The summed E-state index contributed by atoms with van der Waals surface area (Å²) in [6.07, 6.45) is 3.62. The summed E-state index contributed by atoms with van der Waals surface area (Å²) in [6.45, 7) is 3.16. The quantitative estimate of drug-likeness (QED) is 0.426. The number of benzene rings is 2. The van der Waals surface area contributed by atoms with E-state index in [1.54, 1.807) is 19.4 Å². The van der Waals surface area contributed by atoms with E-state index in [0.717, 1.165) is 34.4 Å². The SMILES string of the molecule is COc1ccc(CN2C(=O)/C(=C/c3cnc(N4CCOCC4)s3)c3ccccc3C2=O)cc1. The molecule has 1 saturated heterocycles. The largest absolute Gasteiger partial charge is 0.497 e. The lowest BCUT2D eigenvalue weighted by atomic mass is 9.92. The van der Waals surface area contributed by atoms with E-state index in [1.165, 1.54) is 16.2 Å². The minimum atomic E-state index is -0.309. The molecule has 3 aromatic rings. The molecule has 0 unspecified atom stereocenters. The van der Waals surface area contributed by atoms with Crippen molar-refractivity contribution in [1.82, 2.24) is 9.88 Å². The number of thiazole rings is 1. The van der Waals surface area contributed by atoms with Gasteiger partial charge >= 0.3 is 0 Å². The van der Waals surface area contributed by atoms with E-state index < -0.39 is 0 Å². The molecule has 0 aliphatic carbocycles. The highest BCUT2D eigenvalue weighted by molar-refractivity contribution is 7.16. The highest BCUT2D eigenvalue weighted by Gasteiger charge is 2.34. The van der Waals surface area contributed by atoms with Crippen molar-refractivity contribution in [3.63, 3.8) is 0 Å². The van der Waals surface area contributed by atoms with Gasteiger partial charge in [-0.2, -0.15) is 0 Å². The Bertz CT molecular complexity index is 1210. The van der Waals surface area contributed by atoms with Crippen molar-refractivity contribution in [3.05, 3.63) is 76.3 Å². The number of fused-ring (bicyclic) bond motifs is 1. The molecule has 0 atom stereocenters. The van der Waals surface area contributed by atoms with E-state index in [1.807, 2.05) is 48.5 Å². The zero-order chi connectivity index (χ0) is 22.8. The van der Waals surface area contributed by atoms with Crippen molar-refractivity contribution in [2.24, 2.45) is 0 Å². The first kappa shape index (κ1) is 21.4. The first-order chi connectivity index (χ1) is 16.1. The smallest absolute Gasteiger partial charge is 0.261 e. The van der Waals surface area contributed by atoms with Crippen LogP contribution < -0.4 is 9.64 Å². The maximum atomic E-state index is 13.5. The molecule has 0 bridgehead atoms. The summed E-state index contributed by atoms with van der Waals surface area (Å²) in [5.74, 6) is 0.125. The second-order valence-corrected chi connectivity index (χ2v) is 8.83. The molecule has 0 N–H and O–H groups in total. The summed E-state index contributed by atoms with van der Waals surface area (Å²) < 4.78 is 10.6. The fourth-order valence-corrected chi connectivity index (χ4v) is 4.90. The maximum absolute atomic E-state index is 13.5. The number of nitrogens with zero attached hydrogens (tertiary/aromatic N) is 3. The first-order valence-corrected chi connectivity index (χ1v) is 11.5. The van der Waals surface area contributed by atoms with Crippen LogP contribution in [0.1, 0.15) is 26.4 Å². The topological polar surface area (TPSA) is 72.0 Å². The minimum Gasteiger partial charge on any atom is -0.497 e. The van der Waals surface area contributed by atoms with Gasteiger partial charge in [-0.15, -0.1) is 0 Å². The predicted octanol–water partition coefficient (Wildman–Crippen LogP) is 3.71. The van der Waals surface area contributed by atoms with Gasteiger partial charge in [-0.3, -0.25) is 14.5 Å². The van der Waals surface area contributed by atoms with Crippen molar-refractivity contribution < 1.29 is 19.1 Å². The second-order valence-electron chi connectivity index (χ2n) is 7.79. The molecule has 1 aromatic heterocycles. The highest BCUT2D eigenvalue weighted by Crippen LogP contribution is 2.33. The molecule has 1 fully saturated rings. The lowest BCUT2D eigenvalue weighted by Crippen LogP contribution is -2.41. The van der Waals surface area contributed by atoms with Gasteiger partial charge < -0.3 is 14.4 Å². The number of morpholine rings is 1. The number of imide groups is 1. The van der Waals surface area contributed by atoms with Crippen molar-refractivity contribution in [2.45, 2.75) is 6.54 Å². The molecule has 7 nitrogen and oxygen atoms in total. The number of hydrogen-bond donors (Lipinski definition) is 0. The molecule has 5 rings (SSSR count). The molecule has 0 radical (unpaired) electrons. The molecule has 33 heavy (non-hydrogen) atoms. The molecular formula is C25H23N3O4S. The lowest BCUT2D eigenvalue weighted by molar-refractivity contribution is -0.123. The standard InChI is InChI=1S/C25H23N3O4S/c1-31-18-8-6-17(7-9-18)16-28-23(29)21-5-3-2-4-20(21)22(24(28)30)14-19-15-26-25(33-19)27-10-12-32-13-11-27/h2-9,14-15H,10-13,16H2,1H3/b22-14+. The zero-order valence-electron chi connectivity index (χ0n) is 18.2. The Labute approximate surface area is 195 Å². The summed E-state index contributed by atoms with van der Waals surface area (Å²) in [7, 11) is 1.60. The average Bonchev–Trinajstić information content (AvgIpc) is 3.34. The van der Waals surface area contributed by atoms with Crippen molar-refractivity contribution in [2.75, 3.05) is 38.3 Å². The number of carbonyl (C=O) groups is 2. The van der Waals surface area contributed by atoms with Crippen molar-refractivity contribution in [3.8, 4) is 5.75 Å². The van der Waals surface area contributed by atoms with Gasteiger partial charge in [-0.1, -0.05) is 41.7 Å². The summed E-state index contributed by atoms with van der Waals surface area (Å²) in [5.41, 5.74) is 2.52. The molecule has 3 heterocycles. The van der Waals surface area contributed by atoms with Gasteiger partial charge in [0.05, 0.1) is 26.9 Å². The molecule has 168 valence electrons. The summed E-state index contributed by atoms with van der Waals surface area (Å²) in [5, 5.41) is 0.910.